The number of thioether (sulfide) groups is 1. The van der Waals surface area contributed by atoms with Crippen molar-refractivity contribution in [1.29, 1.82) is 0 Å². The molecule has 1 aliphatic rings. The summed E-state index contributed by atoms with van der Waals surface area (Å²) in [6, 6.07) is -1.04. The second kappa shape index (κ2) is 6.74. The van der Waals surface area contributed by atoms with Gasteiger partial charge in [0.2, 0.25) is 0 Å². The van der Waals surface area contributed by atoms with E-state index in [2.05, 4.69) is 10.6 Å². The van der Waals surface area contributed by atoms with E-state index in [1.54, 1.807) is 11.8 Å². The predicted molar refractivity (Wildman–Crippen MR) is 68.3 cm³/mol. The molecule has 2 amide bonds. The average molecular weight is 260 g/mol. The summed E-state index contributed by atoms with van der Waals surface area (Å²) in [4.78, 5) is 22.5. The molecule has 0 saturated heterocycles. The minimum atomic E-state index is -0.945. The van der Waals surface area contributed by atoms with Crippen LogP contribution in [0.2, 0.25) is 0 Å². The monoisotopic (exact) mass is 260 g/mol. The molecule has 0 heterocycles. The lowest BCUT2D eigenvalue weighted by Crippen LogP contribution is -2.49. The van der Waals surface area contributed by atoms with E-state index in [0.717, 1.165) is 25.0 Å². The lowest BCUT2D eigenvalue weighted by atomic mass is 10.2. The van der Waals surface area contributed by atoms with Gasteiger partial charge in [0.25, 0.3) is 0 Å². The Morgan fingerprint density at radius 2 is 2.06 bits per heavy atom. The summed E-state index contributed by atoms with van der Waals surface area (Å²) in [6.07, 6.45) is 4.68. The first-order valence-electron chi connectivity index (χ1n) is 5.83. The summed E-state index contributed by atoms with van der Waals surface area (Å²) < 4.78 is 0. The molecule has 2 unspecified atom stereocenters. The average Bonchev–Trinajstić information content (AvgIpc) is 3.06. The van der Waals surface area contributed by atoms with Gasteiger partial charge >= 0.3 is 12.0 Å². The van der Waals surface area contributed by atoms with Crippen molar-refractivity contribution in [3.8, 4) is 0 Å². The van der Waals surface area contributed by atoms with Crippen LogP contribution in [0.25, 0.3) is 0 Å². The van der Waals surface area contributed by atoms with E-state index in [1.807, 2.05) is 13.2 Å². The van der Waals surface area contributed by atoms with Crippen LogP contribution in [-0.4, -0.2) is 41.2 Å². The van der Waals surface area contributed by atoms with Crippen molar-refractivity contribution < 1.29 is 14.7 Å². The maximum Gasteiger partial charge on any atom is 0.326 e. The van der Waals surface area contributed by atoms with Gasteiger partial charge in [-0.3, -0.25) is 0 Å². The Bertz CT molecular complexity index is 282. The molecular formula is C11H20N2O3S. The molecule has 0 bridgehead atoms. The highest BCUT2D eigenvalue weighted by atomic mass is 32.2. The van der Waals surface area contributed by atoms with Crippen LogP contribution in [0.5, 0.6) is 0 Å². The third-order valence-electron chi connectivity index (χ3n) is 2.78. The molecule has 98 valence electrons. The first kappa shape index (κ1) is 14.2. The van der Waals surface area contributed by atoms with Crippen LogP contribution in [0.1, 0.15) is 26.2 Å². The number of hydrogen-bond donors (Lipinski definition) is 3. The molecule has 0 radical (unpaired) electrons. The predicted octanol–water partition coefficient (Wildman–Crippen LogP) is 1.29. The molecule has 17 heavy (non-hydrogen) atoms. The van der Waals surface area contributed by atoms with Gasteiger partial charge in [-0.2, -0.15) is 11.8 Å². The Balaban J connectivity index is 2.29. The van der Waals surface area contributed by atoms with Crippen LogP contribution in [0.3, 0.4) is 0 Å². The lowest BCUT2D eigenvalue weighted by molar-refractivity contribution is -0.139. The van der Waals surface area contributed by atoms with Crippen molar-refractivity contribution in [1.82, 2.24) is 10.6 Å². The summed E-state index contributed by atoms with van der Waals surface area (Å²) in [7, 11) is 0. The number of carboxylic acid groups (broad SMARTS) is 1. The van der Waals surface area contributed by atoms with Gasteiger partial charge in [-0.1, -0.05) is 0 Å². The van der Waals surface area contributed by atoms with Crippen LogP contribution in [0.4, 0.5) is 4.79 Å². The topological polar surface area (TPSA) is 78.4 Å². The van der Waals surface area contributed by atoms with E-state index in [9.17, 15) is 9.59 Å². The lowest BCUT2D eigenvalue weighted by Gasteiger charge is -2.17. The Kier molecular flexibility index (Phi) is 5.61. The molecule has 0 aliphatic heterocycles. The molecule has 2 atom stereocenters. The first-order chi connectivity index (χ1) is 8.04. The number of nitrogens with one attached hydrogen (secondary N) is 2. The van der Waals surface area contributed by atoms with Gasteiger partial charge in [-0.15, -0.1) is 0 Å². The zero-order valence-electron chi connectivity index (χ0n) is 10.2. The third kappa shape index (κ3) is 5.30. The van der Waals surface area contributed by atoms with Crippen LogP contribution >= 0.6 is 11.8 Å². The van der Waals surface area contributed by atoms with Gasteiger partial charge in [0.05, 0.1) is 0 Å². The van der Waals surface area contributed by atoms with Crippen molar-refractivity contribution in [3.05, 3.63) is 0 Å². The molecular weight excluding hydrogens is 240 g/mol. The molecule has 0 aromatic rings. The number of rotatable bonds is 7. The first-order valence-corrected chi connectivity index (χ1v) is 7.22. The molecule has 0 spiro atoms. The zero-order valence-corrected chi connectivity index (χ0v) is 11.0. The SMILES string of the molecule is CSCCC(C)NC(=O)NC(C(=O)O)C1CC1. The normalized spacial score (nSPS) is 18.2. The fourth-order valence-corrected chi connectivity index (χ4v) is 2.17. The fraction of sp³-hybridized carbons (Fsp3) is 0.818. The van der Waals surface area contributed by atoms with Crippen molar-refractivity contribution in [3.63, 3.8) is 0 Å². The number of hydrogen-bond acceptors (Lipinski definition) is 3. The second-order valence-corrected chi connectivity index (χ2v) is 5.44. The van der Waals surface area contributed by atoms with E-state index in [4.69, 9.17) is 5.11 Å². The van der Waals surface area contributed by atoms with Crippen molar-refractivity contribution in [2.45, 2.75) is 38.3 Å². The second-order valence-electron chi connectivity index (χ2n) is 4.45. The number of urea groups is 1. The van der Waals surface area contributed by atoms with Gasteiger partial charge in [-0.25, -0.2) is 9.59 Å². The summed E-state index contributed by atoms with van der Waals surface area (Å²) >= 11 is 1.72. The van der Waals surface area contributed by atoms with E-state index in [-0.39, 0.29) is 18.0 Å². The van der Waals surface area contributed by atoms with Crippen LogP contribution in [0, 0.1) is 5.92 Å². The van der Waals surface area contributed by atoms with Crippen LogP contribution < -0.4 is 10.6 Å². The largest absolute Gasteiger partial charge is 0.480 e. The molecule has 1 rings (SSSR count). The number of carbonyl (C=O) groups excluding carboxylic acids is 1. The van der Waals surface area contributed by atoms with Crippen LogP contribution in [-0.2, 0) is 4.79 Å². The summed E-state index contributed by atoms with van der Waals surface area (Å²) in [5.41, 5.74) is 0. The van der Waals surface area contributed by atoms with Gasteiger partial charge in [0.1, 0.15) is 6.04 Å². The smallest absolute Gasteiger partial charge is 0.326 e. The molecule has 1 saturated carbocycles. The van der Waals surface area contributed by atoms with E-state index in [0.29, 0.717) is 0 Å². The van der Waals surface area contributed by atoms with Crippen molar-refractivity contribution in [2.75, 3.05) is 12.0 Å². The highest BCUT2D eigenvalue weighted by molar-refractivity contribution is 7.98. The minimum absolute atomic E-state index is 0.0658. The number of amides is 2. The quantitative estimate of drug-likeness (QED) is 0.644. The van der Waals surface area contributed by atoms with Gasteiger partial charge in [0.15, 0.2) is 0 Å². The van der Waals surface area contributed by atoms with Crippen molar-refractivity contribution >= 4 is 23.8 Å². The maximum atomic E-state index is 11.6. The highest BCUT2D eigenvalue weighted by Gasteiger charge is 2.37. The van der Waals surface area contributed by atoms with Crippen molar-refractivity contribution in [2.24, 2.45) is 5.92 Å². The van der Waals surface area contributed by atoms with Gasteiger partial charge in [0, 0.05) is 6.04 Å². The number of carbonyl (C=O) groups is 2. The molecule has 5 nitrogen and oxygen atoms in total. The molecule has 1 fully saturated rings. The standard InChI is InChI=1S/C11H20N2O3S/c1-7(5-6-17-2)12-11(16)13-9(10(14)15)8-3-4-8/h7-9H,3-6H2,1-2H3,(H,14,15)(H2,12,13,16). The third-order valence-corrected chi connectivity index (χ3v) is 3.42. The molecule has 0 aromatic carbocycles. The molecule has 3 N–H and O–H groups in total. The number of aliphatic carboxylic acids is 1. The Labute approximate surface area is 106 Å². The van der Waals surface area contributed by atoms with E-state index in [1.165, 1.54) is 0 Å². The summed E-state index contributed by atoms with van der Waals surface area (Å²) in [5.74, 6) is 0.145. The minimum Gasteiger partial charge on any atom is -0.480 e. The highest BCUT2D eigenvalue weighted by Crippen LogP contribution is 2.32. The number of carboxylic acids is 1. The van der Waals surface area contributed by atoms with E-state index < -0.39 is 12.0 Å². The Hall–Kier alpha value is -0.910. The summed E-state index contributed by atoms with van der Waals surface area (Å²) in [6.45, 7) is 1.92. The summed E-state index contributed by atoms with van der Waals surface area (Å²) in [5, 5.41) is 14.2. The zero-order chi connectivity index (χ0) is 12.8. The Morgan fingerprint density at radius 1 is 1.41 bits per heavy atom. The van der Waals surface area contributed by atoms with Gasteiger partial charge < -0.3 is 15.7 Å². The molecule has 1 aliphatic carbocycles. The fourth-order valence-electron chi connectivity index (χ4n) is 1.58. The van der Waals surface area contributed by atoms with Gasteiger partial charge in [-0.05, 0) is 44.1 Å². The van der Waals surface area contributed by atoms with E-state index >= 15 is 0 Å². The maximum absolute atomic E-state index is 11.6. The Morgan fingerprint density at radius 3 is 2.53 bits per heavy atom. The molecule has 0 aromatic heterocycles. The van der Waals surface area contributed by atoms with Crippen LogP contribution in [0.15, 0.2) is 0 Å². The molecule has 6 heteroatoms.